The molecule has 0 aliphatic rings. The summed E-state index contributed by atoms with van der Waals surface area (Å²) in [6.07, 6.45) is 13.2. The summed E-state index contributed by atoms with van der Waals surface area (Å²) in [5.74, 6) is 0. The number of fused-ring (bicyclic) bond motifs is 3. The van der Waals surface area contributed by atoms with E-state index >= 15 is 0 Å². The Hall–Kier alpha value is -3.34. The highest BCUT2D eigenvalue weighted by Crippen LogP contribution is 2.39. The predicted octanol–water partition coefficient (Wildman–Crippen LogP) is 5.52. The van der Waals surface area contributed by atoms with E-state index in [0.717, 1.165) is 22.4 Å². The van der Waals surface area contributed by atoms with Crippen molar-refractivity contribution in [3.05, 3.63) is 72.8 Å². The number of nitrogens with zero attached hydrogens (tertiary/aromatic N) is 4. The number of rotatable bonds is 2. The van der Waals surface area contributed by atoms with E-state index in [1.807, 2.05) is 36.5 Å². The Morgan fingerprint density at radius 3 is 1.94 bits per heavy atom. The van der Waals surface area contributed by atoms with Crippen molar-refractivity contribution in [2.75, 3.05) is 0 Å². The lowest BCUT2D eigenvalue weighted by molar-refractivity contribution is -0.674. The van der Waals surface area contributed by atoms with Crippen molar-refractivity contribution in [2.45, 2.75) is 52.4 Å². The van der Waals surface area contributed by atoms with Gasteiger partial charge in [-0.3, -0.25) is 0 Å². The Kier molecular flexibility index (Phi) is 4.39. The minimum atomic E-state index is 0.0245. The second kappa shape index (κ2) is 6.83. The Morgan fingerprint density at radius 1 is 0.844 bits per heavy atom. The average Bonchev–Trinajstić information content (AvgIpc) is 3.44. The summed E-state index contributed by atoms with van der Waals surface area (Å²) in [5.41, 5.74) is 7.12. The van der Waals surface area contributed by atoms with Crippen LogP contribution in [0.2, 0.25) is 0 Å². The molecule has 0 unspecified atom stereocenters. The molecular weight excluding hydrogens is 394 g/mol. The minimum absolute atomic E-state index is 0.0245. The second-order valence-corrected chi connectivity index (χ2v) is 10.8. The van der Waals surface area contributed by atoms with Gasteiger partial charge in [0.2, 0.25) is 6.33 Å². The smallest absolute Gasteiger partial charge is 0.243 e. The molecule has 164 valence electrons. The zero-order chi connectivity index (χ0) is 22.8. The highest BCUT2D eigenvalue weighted by Gasteiger charge is 2.22. The number of nitrogens with one attached hydrogen (secondary N) is 1. The van der Waals surface area contributed by atoms with E-state index in [4.69, 9.17) is 0 Å². The first-order valence-electron chi connectivity index (χ1n) is 11.1. The van der Waals surface area contributed by atoms with E-state index in [2.05, 4.69) is 97.4 Å². The lowest BCUT2D eigenvalue weighted by Crippen LogP contribution is -2.24. The van der Waals surface area contributed by atoms with Crippen molar-refractivity contribution < 1.29 is 4.57 Å². The summed E-state index contributed by atoms with van der Waals surface area (Å²) in [7, 11) is 2.00. The van der Waals surface area contributed by atoms with Crippen molar-refractivity contribution >= 4 is 21.8 Å². The molecule has 1 N–H and O–H groups in total. The molecule has 5 heteroatoms. The van der Waals surface area contributed by atoms with Crippen LogP contribution in [0, 0.1) is 6.33 Å². The minimum Gasteiger partial charge on any atom is -0.357 e. The van der Waals surface area contributed by atoms with Crippen LogP contribution in [0.25, 0.3) is 33.2 Å². The molecule has 0 bridgehead atoms. The number of hydrogen-bond donors (Lipinski definition) is 1. The molecule has 0 spiro atoms. The largest absolute Gasteiger partial charge is 0.357 e. The zero-order valence-electron chi connectivity index (χ0n) is 20.0. The predicted molar refractivity (Wildman–Crippen MR) is 130 cm³/mol. The summed E-state index contributed by atoms with van der Waals surface area (Å²) in [6.45, 7) is 13.6. The summed E-state index contributed by atoms with van der Waals surface area (Å²) in [6, 6.07) is 9.27. The molecule has 0 fully saturated rings. The van der Waals surface area contributed by atoms with Gasteiger partial charge in [-0.15, -0.1) is 0 Å². The maximum absolute atomic E-state index is 4.30. The Labute approximate surface area is 189 Å². The molecule has 0 aliphatic heterocycles. The van der Waals surface area contributed by atoms with Gasteiger partial charge in [0.15, 0.2) is 0 Å². The van der Waals surface area contributed by atoms with E-state index in [9.17, 15) is 0 Å². The van der Waals surface area contributed by atoms with E-state index in [-0.39, 0.29) is 10.8 Å². The number of benzene rings is 2. The van der Waals surface area contributed by atoms with Crippen LogP contribution < -0.4 is 4.57 Å². The fourth-order valence-electron chi connectivity index (χ4n) is 4.26. The van der Waals surface area contributed by atoms with Gasteiger partial charge in [0.05, 0.1) is 35.8 Å². The van der Waals surface area contributed by atoms with Gasteiger partial charge in [-0.25, -0.2) is 4.98 Å². The lowest BCUT2D eigenvalue weighted by atomic mass is 9.84. The fraction of sp³-hybridized carbons (Fsp3) is 0.333. The first kappa shape index (κ1) is 20.6. The molecular formula is C27H31N5. The monoisotopic (exact) mass is 425 g/mol. The third kappa shape index (κ3) is 3.32. The summed E-state index contributed by atoms with van der Waals surface area (Å²) in [4.78, 5) is 8.07. The molecule has 3 aromatic heterocycles. The van der Waals surface area contributed by atoms with Crippen LogP contribution >= 0.6 is 0 Å². The Morgan fingerprint density at radius 2 is 1.44 bits per heavy atom. The van der Waals surface area contributed by atoms with Crippen molar-refractivity contribution in [3.63, 3.8) is 0 Å². The number of hydrogen-bond acceptors (Lipinski definition) is 1. The third-order valence-corrected chi connectivity index (χ3v) is 6.25. The number of H-pyrrole nitrogens is 1. The molecule has 5 rings (SSSR count). The molecule has 0 saturated carbocycles. The van der Waals surface area contributed by atoms with E-state index in [1.165, 1.54) is 21.9 Å². The summed E-state index contributed by atoms with van der Waals surface area (Å²) < 4.78 is 6.13. The molecule has 3 heterocycles. The first-order valence-corrected chi connectivity index (χ1v) is 11.1. The fourth-order valence-corrected chi connectivity index (χ4v) is 4.26. The van der Waals surface area contributed by atoms with Gasteiger partial charge in [-0.2, -0.15) is 0 Å². The Balaban J connectivity index is 1.95. The summed E-state index contributed by atoms with van der Waals surface area (Å²) >= 11 is 0. The van der Waals surface area contributed by atoms with Crippen LogP contribution in [-0.4, -0.2) is 19.1 Å². The quantitative estimate of drug-likeness (QED) is 0.294. The standard InChI is InChI=1S/C27H31N5/c1-26(2,3)18-12-20-21-13-19(27(4,5)6)15-23(32-11-10-30(7)17-32)25(21)29-24(20)22(14-18)31-9-8-28-16-31/h8-16,29H,1-7H3. The molecule has 0 amide bonds. The zero-order valence-corrected chi connectivity index (χ0v) is 20.0. The van der Waals surface area contributed by atoms with Gasteiger partial charge < -0.3 is 18.7 Å². The molecule has 0 radical (unpaired) electrons. The van der Waals surface area contributed by atoms with Crippen LogP contribution in [0.4, 0.5) is 0 Å². The van der Waals surface area contributed by atoms with Crippen molar-refractivity contribution in [3.8, 4) is 11.4 Å². The van der Waals surface area contributed by atoms with Gasteiger partial charge >= 0.3 is 0 Å². The average molecular weight is 426 g/mol. The van der Waals surface area contributed by atoms with Gasteiger partial charge in [0.25, 0.3) is 0 Å². The van der Waals surface area contributed by atoms with Gasteiger partial charge in [-0.1, -0.05) is 47.6 Å². The number of aromatic amines is 1. The topological polar surface area (TPSA) is 42.4 Å². The molecule has 2 aromatic carbocycles. The summed E-state index contributed by atoms with van der Waals surface area (Å²) in [5, 5.41) is 2.47. The molecule has 0 aliphatic carbocycles. The van der Waals surface area contributed by atoms with E-state index in [0.29, 0.717) is 0 Å². The normalized spacial score (nSPS) is 12.8. The van der Waals surface area contributed by atoms with E-state index < -0.39 is 0 Å². The van der Waals surface area contributed by atoms with Crippen LogP contribution in [0.15, 0.2) is 55.4 Å². The highest BCUT2D eigenvalue weighted by molar-refractivity contribution is 6.12. The van der Waals surface area contributed by atoms with Crippen molar-refractivity contribution in [2.24, 2.45) is 7.05 Å². The van der Waals surface area contributed by atoms with Crippen molar-refractivity contribution in [1.82, 2.24) is 19.1 Å². The number of aromatic nitrogens is 5. The van der Waals surface area contributed by atoms with Crippen LogP contribution in [0.5, 0.6) is 0 Å². The number of aryl methyl sites for hydroxylation is 1. The Bertz CT molecular complexity index is 1430. The highest BCUT2D eigenvalue weighted by atomic mass is 15.1. The van der Waals surface area contributed by atoms with Gasteiger partial charge in [0, 0.05) is 35.6 Å². The van der Waals surface area contributed by atoms with Gasteiger partial charge in [0.1, 0.15) is 0 Å². The van der Waals surface area contributed by atoms with E-state index in [1.54, 1.807) is 0 Å². The molecule has 5 nitrogen and oxygen atoms in total. The number of imidazole rings is 2. The molecule has 5 aromatic rings. The van der Waals surface area contributed by atoms with Gasteiger partial charge in [-0.05, 0) is 40.2 Å². The maximum Gasteiger partial charge on any atom is 0.243 e. The second-order valence-electron chi connectivity index (χ2n) is 10.8. The molecule has 0 atom stereocenters. The van der Waals surface area contributed by atoms with Crippen LogP contribution in [-0.2, 0) is 17.9 Å². The van der Waals surface area contributed by atoms with Crippen molar-refractivity contribution in [1.29, 1.82) is 0 Å². The van der Waals surface area contributed by atoms with Crippen LogP contribution in [0.3, 0.4) is 0 Å². The maximum atomic E-state index is 4.30. The van der Waals surface area contributed by atoms with Crippen LogP contribution in [0.1, 0.15) is 52.7 Å². The third-order valence-electron chi connectivity index (χ3n) is 6.25. The molecule has 32 heavy (non-hydrogen) atoms. The SMILES string of the molecule is C[n+]1[c-]n(-c2cc(C(C)(C)C)cc3c2[nH]c2c(-n4ccnc4)cc(C(C)(C)C)cc23)cc1. The lowest BCUT2D eigenvalue weighted by Gasteiger charge is -2.22. The first-order chi connectivity index (χ1) is 15.0. The molecule has 0 saturated heterocycles.